The molecule has 1 rings (SSSR count). The van der Waals surface area contributed by atoms with Crippen molar-refractivity contribution in [3.05, 3.63) is 42.2 Å². The van der Waals surface area contributed by atoms with Crippen molar-refractivity contribution in [2.24, 2.45) is 0 Å². The largest absolute Gasteiger partial charge is 0.465 e. The van der Waals surface area contributed by atoms with E-state index < -0.39 is 0 Å². The number of hydrogen-bond acceptors (Lipinski definition) is 1. The lowest BCUT2D eigenvalue weighted by Gasteiger charge is -2.06. The highest BCUT2D eigenvalue weighted by atomic mass is 16.5. The molecular formula is C12H16O. The third kappa shape index (κ3) is 2.94. The van der Waals surface area contributed by atoms with Gasteiger partial charge in [0.1, 0.15) is 5.75 Å². The van der Waals surface area contributed by atoms with Gasteiger partial charge in [0.05, 0.1) is 6.26 Å². The van der Waals surface area contributed by atoms with Gasteiger partial charge in [-0.2, -0.15) is 0 Å². The minimum Gasteiger partial charge on any atom is -0.465 e. The predicted molar refractivity (Wildman–Crippen MR) is 56.0 cm³/mol. The molecule has 0 atom stereocenters. The Hall–Kier alpha value is -1.24. The van der Waals surface area contributed by atoms with E-state index in [9.17, 15) is 0 Å². The molecule has 1 heteroatoms. The average molecular weight is 176 g/mol. The van der Waals surface area contributed by atoms with Gasteiger partial charge in [-0.1, -0.05) is 32.1 Å². The molecule has 0 aliphatic heterocycles. The lowest BCUT2D eigenvalue weighted by Crippen LogP contribution is -1.88. The summed E-state index contributed by atoms with van der Waals surface area (Å²) in [5.74, 6) is 1.46. The molecule has 0 N–H and O–H groups in total. The van der Waals surface area contributed by atoms with E-state index in [0.29, 0.717) is 5.92 Å². The number of allylic oxidation sites excluding steroid dienone is 1. The second-order valence-electron chi connectivity index (χ2n) is 3.31. The van der Waals surface area contributed by atoms with Crippen LogP contribution in [0.1, 0.15) is 32.3 Å². The molecule has 0 unspecified atom stereocenters. The highest BCUT2D eigenvalue weighted by Crippen LogP contribution is 2.20. The van der Waals surface area contributed by atoms with Gasteiger partial charge in [-0.05, 0) is 30.5 Å². The first-order valence-corrected chi connectivity index (χ1v) is 4.62. The zero-order valence-corrected chi connectivity index (χ0v) is 8.45. The summed E-state index contributed by atoms with van der Waals surface area (Å²) in [5.41, 5.74) is 1.31. The van der Waals surface area contributed by atoms with Crippen molar-refractivity contribution in [3.8, 4) is 5.75 Å². The molecule has 1 aromatic rings. The van der Waals surface area contributed by atoms with E-state index in [1.54, 1.807) is 6.26 Å². The summed E-state index contributed by atoms with van der Waals surface area (Å²) in [7, 11) is 0. The van der Waals surface area contributed by atoms with E-state index in [2.05, 4.69) is 26.0 Å². The van der Waals surface area contributed by atoms with Crippen molar-refractivity contribution in [3.63, 3.8) is 0 Å². The van der Waals surface area contributed by atoms with E-state index in [0.717, 1.165) is 5.75 Å². The lowest BCUT2D eigenvalue weighted by atomic mass is 10.0. The van der Waals surface area contributed by atoms with Crippen molar-refractivity contribution >= 4 is 0 Å². The Balaban J connectivity index is 2.79. The second kappa shape index (κ2) is 4.70. The Labute approximate surface area is 80.0 Å². The average Bonchev–Trinajstić information content (AvgIpc) is 2.15. The fourth-order valence-electron chi connectivity index (χ4n) is 1.09. The molecule has 0 aliphatic carbocycles. The fourth-order valence-corrected chi connectivity index (χ4v) is 1.09. The molecule has 0 radical (unpaired) electrons. The Kier molecular flexibility index (Phi) is 3.56. The molecule has 0 bridgehead atoms. The minimum absolute atomic E-state index is 0.550. The summed E-state index contributed by atoms with van der Waals surface area (Å²) in [6.07, 6.45) is 3.57. The van der Waals surface area contributed by atoms with Gasteiger partial charge in [0.15, 0.2) is 0 Å². The van der Waals surface area contributed by atoms with Gasteiger partial charge in [0.25, 0.3) is 0 Å². The molecule has 13 heavy (non-hydrogen) atoms. The number of ether oxygens (including phenoxy) is 1. The molecule has 0 fully saturated rings. The van der Waals surface area contributed by atoms with Crippen LogP contribution in [0, 0.1) is 0 Å². The summed E-state index contributed by atoms with van der Waals surface area (Å²) < 4.78 is 5.37. The Morgan fingerprint density at radius 3 is 2.69 bits per heavy atom. The first kappa shape index (κ1) is 9.85. The van der Waals surface area contributed by atoms with E-state index in [-0.39, 0.29) is 0 Å². The van der Waals surface area contributed by atoms with Crippen molar-refractivity contribution in [2.75, 3.05) is 0 Å². The Bertz CT molecular complexity index is 287. The van der Waals surface area contributed by atoms with Crippen LogP contribution in [-0.2, 0) is 0 Å². The maximum absolute atomic E-state index is 5.37. The maximum Gasteiger partial charge on any atom is 0.126 e. The normalized spacial score (nSPS) is 11.1. The van der Waals surface area contributed by atoms with Crippen LogP contribution < -0.4 is 4.74 Å². The van der Waals surface area contributed by atoms with Gasteiger partial charge < -0.3 is 4.74 Å². The van der Waals surface area contributed by atoms with Gasteiger partial charge in [0, 0.05) is 0 Å². The van der Waals surface area contributed by atoms with E-state index in [1.165, 1.54) is 5.56 Å². The first-order chi connectivity index (χ1) is 6.24. The number of hydrogen-bond donors (Lipinski definition) is 0. The molecule has 0 amide bonds. The first-order valence-electron chi connectivity index (χ1n) is 4.62. The molecule has 0 saturated heterocycles. The number of benzene rings is 1. The van der Waals surface area contributed by atoms with Crippen LogP contribution in [0.15, 0.2) is 36.6 Å². The summed E-state index contributed by atoms with van der Waals surface area (Å²) in [5, 5.41) is 0. The van der Waals surface area contributed by atoms with Crippen molar-refractivity contribution in [1.82, 2.24) is 0 Å². The van der Waals surface area contributed by atoms with Crippen LogP contribution in [0.5, 0.6) is 5.75 Å². The predicted octanol–water partition coefficient (Wildman–Crippen LogP) is 3.72. The van der Waals surface area contributed by atoms with Gasteiger partial charge in [0.2, 0.25) is 0 Å². The molecule has 0 aliphatic rings. The Morgan fingerprint density at radius 2 is 2.08 bits per heavy atom. The monoisotopic (exact) mass is 176 g/mol. The SMILES string of the molecule is C/C=C\Oc1cccc(C(C)C)c1. The maximum atomic E-state index is 5.37. The smallest absolute Gasteiger partial charge is 0.126 e. The molecule has 1 aromatic carbocycles. The zero-order valence-electron chi connectivity index (χ0n) is 8.45. The van der Waals surface area contributed by atoms with Gasteiger partial charge in [-0.25, -0.2) is 0 Å². The van der Waals surface area contributed by atoms with Crippen molar-refractivity contribution in [2.45, 2.75) is 26.7 Å². The minimum atomic E-state index is 0.550. The molecule has 1 nitrogen and oxygen atoms in total. The molecule has 70 valence electrons. The van der Waals surface area contributed by atoms with Gasteiger partial charge in [-0.15, -0.1) is 0 Å². The number of rotatable bonds is 3. The van der Waals surface area contributed by atoms with Gasteiger partial charge in [-0.3, -0.25) is 0 Å². The second-order valence-corrected chi connectivity index (χ2v) is 3.31. The van der Waals surface area contributed by atoms with E-state index in [1.807, 2.05) is 25.1 Å². The molecule has 0 aromatic heterocycles. The molecule has 0 spiro atoms. The topological polar surface area (TPSA) is 9.23 Å². The molecular weight excluding hydrogens is 160 g/mol. The van der Waals surface area contributed by atoms with Crippen LogP contribution in [0.25, 0.3) is 0 Å². The zero-order chi connectivity index (χ0) is 9.68. The van der Waals surface area contributed by atoms with Crippen LogP contribution in [0.3, 0.4) is 0 Å². The highest BCUT2D eigenvalue weighted by Gasteiger charge is 1.99. The van der Waals surface area contributed by atoms with Crippen LogP contribution >= 0.6 is 0 Å². The quantitative estimate of drug-likeness (QED) is 0.638. The summed E-state index contributed by atoms with van der Waals surface area (Å²) in [4.78, 5) is 0. The third-order valence-corrected chi connectivity index (χ3v) is 1.86. The van der Waals surface area contributed by atoms with Crippen LogP contribution in [0.4, 0.5) is 0 Å². The van der Waals surface area contributed by atoms with E-state index >= 15 is 0 Å². The molecule has 0 heterocycles. The van der Waals surface area contributed by atoms with E-state index in [4.69, 9.17) is 4.74 Å². The summed E-state index contributed by atoms with van der Waals surface area (Å²) in [6.45, 7) is 6.29. The molecule has 0 saturated carbocycles. The van der Waals surface area contributed by atoms with Crippen molar-refractivity contribution < 1.29 is 4.74 Å². The standard InChI is InChI=1S/C12H16O/c1-4-8-13-12-7-5-6-11(9-12)10(2)3/h4-10H,1-3H3/b8-4-. The van der Waals surface area contributed by atoms with Crippen molar-refractivity contribution in [1.29, 1.82) is 0 Å². The lowest BCUT2D eigenvalue weighted by molar-refractivity contribution is 0.479. The fraction of sp³-hybridized carbons (Fsp3) is 0.333. The highest BCUT2D eigenvalue weighted by molar-refractivity contribution is 5.30. The third-order valence-electron chi connectivity index (χ3n) is 1.86. The summed E-state index contributed by atoms with van der Waals surface area (Å²) in [6, 6.07) is 8.18. The van der Waals surface area contributed by atoms with Crippen LogP contribution in [-0.4, -0.2) is 0 Å². The Morgan fingerprint density at radius 1 is 1.31 bits per heavy atom. The van der Waals surface area contributed by atoms with Crippen LogP contribution in [0.2, 0.25) is 0 Å². The summed E-state index contributed by atoms with van der Waals surface area (Å²) >= 11 is 0. The van der Waals surface area contributed by atoms with Gasteiger partial charge >= 0.3 is 0 Å².